The van der Waals surface area contributed by atoms with E-state index in [2.05, 4.69) is 41.6 Å². The fourth-order valence-corrected chi connectivity index (χ4v) is 6.30. The lowest BCUT2D eigenvalue weighted by atomic mass is 9.96. The number of urea groups is 1. The molecular formula is C37H48N4O5. The molecule has 1 saturated carbocycles. The molecule has 0 spiro atoms. The maximum atomic E-state index is 13.6. The number of carbonyl (C=O) groups is 2. The second-order valence-corrected chi connectivity index (χ2v) is 12.9. The Labute approximate surface area is 272 Å². The number of anilines is 1. The highest BCUT2D eigenvalue weighted by atomic mass is 16.5. The standard InChI is InChI=1S/C37H48N4O5/c1-26-22-41(27(2)25-42)36(43)21-29-20-31(39-37(44)38-30-10-6-4-7-11-30)16-19-34(29)46-35(26)24-40(3)23-28-14-17-33(18-15-28)45-32-12-8-5-9-13-32/h5,8-9,12-20,26-27,30,35,42H,4,6-7,10-11,21-25H2,1-3H3,(H2,38,39,44)/t26-,27-,35-/m0/s1. The molecule has 9 nitrogen and oxygen atoms in total. The number of fused-ring (bicyclic) bond motifs is 1. The first-order valence-electron chi connectivity index (χ1n) is 16.5. The van der Waals surface area contributed by atoms with Crippen LogP contribution in [-0.4, -0.2) is 71.8 Å². The lowest BCUT2D eigenvalue weighted by molar-refractivity contribution is -0.134. The van der Waals surface area contributed by atoms with E-state index in [0.29, 0.717) is 36.6 Å². The van der Waals surface area contributed by atoms with Gasteiger partial charge in [0.1, 0.15) is 23.4 Å². The van der Waals surface area contributed by atoms with Gasteiger partial charge >= 0.3 is 6.03 Å². The lowest BCUT2D eigenvalue weighted by Gasteiger charge is -2.34. The molecule has 1 aliphatic carbocycles. The molecule has 1 fully saturated rings. The van der Waals surface area contributed by atoms with Gasteiger partial charge in [0, 0.05) is 42.8 Å². The predicted molar refractivity (Wildman–Crippen MR) is 180 cm³/mol. The van der Waals surface area contributed by atoms with Crippen molar-refractivity contribution in [1.82, 2.24) is 15.1 Å². The first-order valence-corrected chi connectivity index (χ1v) is 16.5. The smallest absolute Gasteiger partial charge is 0.319 e. The number of carbonyl (C=O) groups excluding carboxylic acids is 2. The summed E-state index contributed by atoms with van der Waals surface area (Å²) < 4.78 is 12.6. The van der Waals surface area contributed by atoms with E-state index in [0.717, 1.165) is 42.7 Å². The predicted octanol–water partition coefficient (Wildman–Crippen LogP) is 6.21. The Morgan fingerprint density at radius 2 is 1.76 bits per heavy atom. The number of benzene rings is 3. The molecule has 5 rings (SSSR count). The van der Waals surface area contributed by atoms with E-state index in [1.54, 1.807) is 4.90 Å². The highest BCUT2D eigenvalue weighted by Crippen LogP contribution is 2.30. The van der Waals surface area contributed by atoms with Crippen molar-refractivity contribution in [3.05, 3.63) is 83.9 Å². The van der Waals surface area contributed by atoms with Crippen LogP contribution in [-0.2, 0) is 17.8 Å². The molecule has 3 N–H and O–H groups in total. The molecule has 46 heavy (non-hydrogen) atoms. The lowest BCUT2D eigenvalue weighted by Crippen LogP contribution is -2.47. The molecular weight excluding hydrogens is 580 g/mol. The number of nitrogens with zero attached hydrogens (tertiary/aromatic N) is 2. The average Bonchev–Trinajstić information content (AvgIpc) is 3.09. The van der Waals surface area contributed by atoms with Gasteiger partial charge in [0.05, 0.1) is 19.1 Å². The molecule has 0 aromatic heterocycles. The monoisotopic (exact) mass is 628 g/mol. The number of ether oxygens (including phenoxy) is 2. The van der Waals surface area contributed by atoms with Crippen molar-refractivity contribution in [2.45, 2.75) is 77.1 Å². The van der Waals surface area contributed by atoms with Crippen molar-refractivity contribution >= 4 is 17.6 Å². The minimum atomic E-state index is -0.325. The van der Waals surface area contributed by atoms with Gasteiger partial charge in [-0.05, 0) is 74.8 Å². The van der Waals surface area contributed by atoms with E-state index in [1.165, 1.54) is 6.42 Å². The van der Waals surface area contributed by atoms with E-state index in [9.17, 15) is 14.7 Å². The molecule has 3 atom stereocenters. The number of rotatable bonds is 10. The Balaban J connectivity index is 1.28. The van der Waals surface area contributed by atoms with Gasteiger partial charge in [-0.15, -0.1) is 0 Å². The van der Waals surface area contributed by atoms with Crippen LogP contribution in [0.25, 0.3) is 0 Å². The Bertz CT molecular complexity index is 1430. The highest BCUT2D eigenvalue weighted by molar-refractivity contribution is 5.90. The minimum absolute atomic E-state index is 0.00734. The number of aliphatic hydroxyl groups is 1. The quantitative estimate of drug-likeness (QED) is 0.247. The Morgan fingerprint density at radius 1 is 1.04 bits per heavy atom. The Hall–Kier alpha value is -4.08. The zero-order valence-corrected chi connectivity index (χ0v) is 27.3. The van der Waals surface area contributed by atoms with Crippen molar-refractivity contribution in [1.29, 1.82) is 0 Å². The zero-order valence-electron chi connectivity index (χ0n) is 27.3. The van der Waals surface area contributed by atoms with Gasteiger partial charge in [-0.1, -0.05) is 56.5 Å². The first-order chi connectivity index (χ1) is 22.3. The first kappa shape index (κ1) is 33.3. The van der Waals surface area contributed by atoms with Crippen molar-refractivity contribution < 1.29 is 24.2 Å². The number of amides is 3. The van der Waals surface area contributed by atoms with Crippen molar-refractivity contribution in [2.24, 2.45) is 5.92 Å². The highest BCUT2D eigenvalue weighted by Gasteiger charge is 2.31. The second kappa shape index (κ2) is 16.0. The topological polar surface area (TPSA) is 103 Å². The summed E-state index contributed by atoms with van der Waals surface area (Å²) in [5.74, 6) is 2.14. The van der Waals surface area contributed by atoms with Crippen LogP contribution in [0.4, 0.5) is 10.5 Å². The summed E-state index contributed by atoms with van der Waals surface area (Å²) in [5.41, 5.74) is 2.48. The number of likely N-dealkylation sites (N-methyl/N-ethyl adjacent to an activating group) is 1. The largest absolute Gasteiger partial charge is 0.488 e. The van der Waals surface area contributed by atoms with Crippen molar-refractivity contribution in [3.63, 3.8) is 0 Å². The molecule has 0 saturated heterocycles. The van der Waals surface area contributed by atoms with Crippen LogP contribution in [0.2, 0.25) is 0 Å². The van der Waals surface area contributed by atoms with Gasteiger partial charge in [0.2, 0.25) is 5.91 Å². The number of aliphatic hydroxyl groups excluding tert-OH is 1. The molecule has 246 valence electrons. The van der Waals surface area contributed by atoms with Crippen molar-refractivity contribution in [3.8, 4) is 17.2 Å². The fraction of sp³-hybridized carbons (Fsp3) is 0.459. The zero-order chi connectivity index (χ0) is 32.5. The van der Waals surface area contributed by atoms with Crippen LogP contribution in [0.5, 0.6) is 17.2 Å². The molecule has 2 aliphatic rings. The van der Waals surface area contributed by atoms with E-state index >= 15 is 0 Å². The summed E-state index contributed by atoms with van der Waals surface area (Å²) in [7, 11) is 2.06. The van der Waals surface area contributed by atoms with Crippen LogP contribution >= 0.6 is 0 Å². The van der Waals surface area contributed by atoms with Gasteiger partial charge < -0.3 is 30.1 Å². The van der Waals surface area contributed by atoms with Gasteiger partial charge in [0.15, 0.2) is 0 Å². The molecule has 3 aromatic rings. The molecule has 0 radical (unpaired) electrons. The Morgan fingerprint density at radius 3 is 2.48 bits per heavy atom. The molecule has 0 bridgehead atoms. The average molecular weight is 629 g/mol. The summed E-state index contributed by atoms with van der Waals surface area (Å²) in [6.07, 6.45) is 5.39. The second-order valence-electron chi connectivity index (χ2n) is 12.9. The molecule has 3 amide bonds. The van der Waals surface area contributed by atoms with Crippen molar-refractivity contribution in [2.75, 3.05) is 32.1 Å². The van der Waals surface area contributed by atoms with E-state index in [-0.39, 0.29) is 49.1 Å². The van der Waals surface area contributed by atoms with Crippen LogP contribution in [0, 0.1) is 5.92 Å². The van der Waals surface area contributed by atoms with Gasteiger partial charge in [0.25, 0.3) is 0 Å². The molecule has 1 heterocycles. The summed E-state index contributed by atoms with van der Waals surface area (Å²) in [4.78, 5) is 30.3. The maximum Gasteiger partial charge on any atom is 0.319 e. The normalized spacial score (nSPS) is 19.7. The van der Waals surface area contributed by atoms with Crippen LogP contribution in [0.3, 0.4) is 0 Å². The van der Waals surface area contributed by atoms with E-state index in [1.807, 2.05) is 67.6 Å². The van der Waals surface area contributed by atoms with E-state index in [4.69, 9.17) is 9.47 Å². The van der Waals surface area contributed by atoms with Gasteiger partial charge in [-0.2, -0.15) is 0 Å². The number of nitrogens with one attached hydrogen (secondary N) is 2. The SMILES string of the molecule is C[C@H]1CN([C@@H](C)CO)C(=O)Cc2cc(NC(=O)NC3CCCCC3)ccc2O[C@H]1CN(C)Cc1ccc(Oc2ccccc2)cc1. The summed E-state index contributed by atoms with van der Waals surface area (Å²) in [6.45, 7) is 5.64. The third-order valence-electron chi connectivity index (χ3n) is 8.96. The number of hydrogen-bond acceptors (Lipinski definition) is 6. The summed E-state index contributed by atoms with van der Waals surface area (Å²) in [5, 5.41) is 16.0. The third kappa shape index (κ3) is 9.23. The van der Waals surface area contributed by atoms with E-state index < -0.39 is 0 Å². The Kier molecular flexibility index (Phi) is 11.5. The molecule has 1 aliphatic heterocycles. The summed E-state index contributed by atoms with van der Waals surface area (Å²) in [6, 6.07) is 23.0. The van der Waals surface area contributed by atoms with Crippen LogP contribution < -0.4 is 20.1 Å². The fourth-order valence-electron chi connectivity index (χ4n) is 6.30. The number of hydrogen-bond donors (Lipinski definition) is 3. The maximum absolute atomic E-state index is 13.6. The summed E-state index contributed by atoms with van der Waals surface area (Å²) >= 11 is 0. The molecule has 3 aromatic carbocycles. The molecule has 0 unspecified atom stereocenters. The molecule has 9 heteroatoms. The third-order valence-corrected chi connectivity index (χ3v) is 8.96. The van der Waals surface area contributed by atoms with Gasteiger partial charge in [-0.25, -0.2) is 4.79 Å². The van der Waals surface area contributed by atoms with Gasteiger partial charge in [-0.3, -0.25) is 9.69 Å². The van der Waals surface area contributed by atoms with Crippen LogP contribution in [0.1, 0.15) is 57.1 Å². The number of para-hydroxylation sites is 1. The minimum Gasteiger partial charge on any atom is -0.488 e. The van der Waals surface area contributed by atoms with Crippen LogP contribution in [0.15, 0.2) is 72.8 Å².